The van der Waals surface area contributed by atoms with Gasteiger partial charge in [0.2, 0.25) is 0 Å². The van der Waals surface area contributed by atoms with Crippen LogP contribution in [0.25, 0.3) is 0 Å². The Balaban J connectivity index is 1.32. The molecule has 0 unspecified atom stereocenters. The molecule has 288 valence electrons. The highest BCUT2D eigenvalue weighted by Crippen LogP contribution is 2.44. The summed E-state index contributed by atoms with van der Waals surface area (Å²) in [5.74, 6) is -0.240. The van der Waals surface area contributed by atoms with E-state index in [2.05, 4.69) is 87.5 Å². The predicted molar refractivity (Wildman–Crippen MR) is 229 cm³/mol. The maximum atomic E-state index is 12.4. The second-order valence-corrected chi connectivity index (χ2v) is 14.8. The molecule has 7 aromatic rings. The highest BCUT2D eigenvalue weighted by atomic mass is 16.3. The van der Waals surface area contributed by atoms with Gasteiger partial charge in [-0.05, 0) is 33.4 Å². The fraction of sp³-hybridized carbons (Fsp3) is 0.176. The second kappa shape index (κ2) is 19.6. The van der Waals surface area contributed by atoms with Gasteiger partial charge in [0, 0.05) is 58.9 Å². The van der Waals surface area contributed by atoms with Crippen molar-refractivity contribution in [3.63, 3.8) is 0 Å². The number of hydrogen-bond acceptors (Lipinski definition) is 6. The summed E-state index contributed by atoms with van der Waals surface area (Å²) < 4.78 is 0. The van der Waals surface area contributed by atoms with E-state index in [4.69, 9.17) is 0 Å². The van der Waals surface area contributed by atoms with E-state index in [1.807, 2.05) is 109 Å². The summed E-state index contributed by atoms with van der Waals surface area (Å²) in [7, 11) is 0. The van der Waals surface area contributed by atoms with Crippen LogP contribution in [0.5, 0.6) is 17.2 Å². The fourth-order valence-electron chi connectivity index (χ4n) is 7.56. The van der Waals surface area contributed by atoms with E-state index >= 15 is 0 Å². The lowest BCUT2D eigenvalue weighted by Crippen LogP contribution is -2.26. The number of benzene rings is 7. The maximum absolute atomic E-state index is 12.4. The van der Waals surface area contributed by atoms with Crippen LogP contribution in [0.15, 0.2) is 182 Å². The van der Waals surface area contributed by atoms with Gasteiger partial charge in [0.1, 0.15) is 17.2 Å². The second-order valence-electron chi connectivity index (χ2n) is 14.8. The summed E-state index contributed by atoms with van der Waals surface area (Å²) in [5.41, 5.74) is 7.97. The highest BCUT2D eigenvalue weighted by Gasteiger charge is 2.28. The Morgan fingerprint density at radius 1 is 0.228 bits per heavy atom. The average molecular weight is 754 g/mol. The van der Waals surface area contributed by atoms with Gasteiger partial charge in [0.15, 0.2) is 0 Å². The van der Waals surface area contributed by atoms with Gasteiger partial charge >= 0.3 is 0 Å². The topological polar surface area (TPSA) is 70.4 Å². The first-order valence-electron chi connectivity index (χ1n) is 19.7. The number of nitrogens with zero attached hydrogens (tertiary/aromatic N) is 3. The zero-order valence-electron chi connectivity index (χ0n) is 32.4. The summed E-state index contributed by atoms with van der Waals surface area (Å²) in [5, 5.41) is 37.1. The van der Waals surface area contributed by atoms with Crippen molar-refractivity contribution in [1.82, 2.24) is 14.7 Å². The summed E-state index contributed by atoms with van der Waals surface area (Å²) in [6.07, 6.45) is 0. The number of phenols is 3. The fourth-order valence-corrected chi connectivity index (χ4v) is 7.56. The summed E-state index contributed by atoms with van der Waals surface area (Å²) in [4.78, 5) is 6.71. The monoisotopic (exact) mass is 753 g/mol. The van der Waals surface area contributed by atoms with Crippen molar-refractivity contribution in [3.05, 3.63) is 232 Å². The van der Waals surface area contributed by atoms with Crippen molar-refractivity contribution in [1.29, 1.82) is 0 Å². The van der Waals surface area contributed by atoms with Crippen molar-refractivity contribution < 1.29 is 15.3 Å². The third-order valence-electron chi connectivity index (χ3n) is 10.4. The van der Waals surface area contributed by atoms with Gasteiger partial charge in [0.05, 0.1) is 16.7 Å². The molecule has 3 N–H and O–H groups in total. The summed E-state index contributed by atoms with van der Waals surface area (Å²) in [6.45, 7) is 4.38. The van der Waals surface area contributed by atoms with Gasteiger partial charge in [0.25, 0.3) is 0 Å². The van der Waals surface area contributed by atoms with Crippen LogP contribution in [0.4, 0.5) is 0 Å². The summed E-state index contributed by atoms with van der Waals surface area (Å²) >= 11 is 0. The molecule has 0 spiro atoms. The molecule has 0 aromatic heterocycles. The quantitative estimate of drug-likeness (QED) is 0.0811. The van der Waals surface area contributed by atoms with Gasteiger partial charge in [-0.15, -0.1) is 0 Å². The van der Waals surface area contributed by atoms with E-state index in [9.17, 15) is 15.3 Å². The Morgan fingerprint density at radius 2 is 0.386 bits per heavy atom. The van der Waals surface area contributed by atoms with Gasteiger partial charge in [-0.3, -0.25) is 14.7 Å². The Kier molecular flexibility index (Phi) is 13.4. The molecule has 0 bridgehead atoms. The molecule has 7 rings (SSSR count). The SMILES string of the molecule is Oc1c(CN(Cc2ccccc2)Cc2ccccc2)c(O)c(CN(Cc2ccccc2)Cc2ccccc2)c(O)c1CN(Cc1ccccc1)Cc1ccccc1. The Labute approximate surface area is 337 Å². The zero-order valence-corrected chi connectivity index (χ0v) is 32.4. The molecule has 0 saturated carbocycles. The number of rotatable bonds is 18. The smallest absolute Gasteiger partial charge is 0.132 e. The van der Waals surface area contributed by atoms with Crippen LogP contribution in [0, 0.1) is 0 Å². The molecule has 6 heteroatoms. The molecule has 0 fully saturated rings. The van der Waals surface area contributed by atoms with Crippen molar-refractivity contribution in [2.75, 3.05) is 0 Å². The van der Waals surface area contributed by atoms with E-state index in [0.29, 0.717) is 56.0 Å². The van der Waals surface area contributed by atoms with Crippen molar-refractivity contribution in [2.24, 2.45) is 0 Å². The molecule has 0 aliphatic carbocycles. The molecule has 0 saturated heterocycles. The van der Waals surface area contributed by atoms with Gasteiger partial charge in [-0.25, -0.2) is 0 Å². The lowest BCUT2D eigenvalue weighted by molar-refractivity contribution is 0.223. The van der Waals surface area contributed by atoms with Crippen molar-refractivity contribution in [3.8, 4) is 17.2 Å². The molecule has 7 aromatic carbocycles. The standard InChI is InChI=1S/C51H51N3O3/c55-49-46(37-52(31-40-19-7-1-8-20-40)32-41-21-9-2-10-22-41)50(56)48(39-54(35-44-27-15-5-16-28-44)36-45-29-17-6-18-30-45)51(57)47(49)38-53(33-42-23-11-3-12-24-42)34-43-25-13-4-14-26-43/h1-30,55-57H,31-39H2. The third-order valence-corrected chi connectivity index (χ3v) is 10.4. The molecule has 57 heavy (non-hydrogen) atoms. The number of aromatic hydroxyl groups is 3. The van der Waals surface area contributed by atoms with Gasteiger partial charge in [-0.2, -0.15) is 0 Å². The molecule has 0 heterocycles. The number of phenolic OH excluding ortho intramolecular Hbond substituents is 3. The van der Waals surface area contributed by atoms with E-state index in [1.54, 1.807) is 0 Å². The third kappa shape index (κ3) is 11.0. The normalized spacial score (nSPS) is 11.4. The molecule has 6 nitrogen and oxygen atoms in total. The molecule has 0 atom stereocenters. The van der Waals surface area contributed by atoms with Crippen LogP contribution in [-0.4, -0.2) is 30.0 Å². The van der Waals surface area contributed by atoms with Crippen LogP contribution in [0.3, 0.4) is 0 Å². The van der Waals surface area contributed by atoms with Crippen LogP contribution in [0.2, 0.25) is 0 Å². The molecular formula is C51H51N3O3. The lowest BCUT2D eigenvalue weighted by atomic mass is 9.97. The number of hydrogen-bond donors (Lipinski definition) is 3. The molecule has 0 aliphatic rings. The minimum Gasteiger partial charge on any atom is -0.507 e. The first-order valence-corrected chi connectivity index (χ1v) is 19.7. The van der Waals surface area contributed by atoms with E-state index in [1.165, 1.54) is 0 Å². The molecule has 0 aliphatic heterocycles. The van der Waals surface area contributed by atoms with Crippen LogP contribution in [0.1, 0.15) is 50.1 Å². The summed E-state index contributed by atoms with van der Waals surface area (Å²) in [6, 6.07) is 61.6. The van der Waals surface area contributed by atoms with E-state index < -0.39 is 0 Å². The maximum Gasteiger partial charge on any atom is 0.132 e. The highest BCUT2D eigenvalue weighted by molar-refractivity contribution is 5.61. The first kappa shape index (κ1) is 39.1. The zero-order chi connectivity index (χ0) is 39.2. The van der Waals surface area contributed by atoms with Crippen LogP contribution in [-0.2, 0) is 58.9 Å². The van der Waals surface area contributed by atoms with Crippen LogP contribution >= 0.6 is 0 Å². The molecular weight excluding hydrogens is 703 g/mol. The van der Waals surface area contributed by atoms with E-state index in [-0.39, 0.29) is 36.9 Å². The first-order chi connectivity index (χ1) is 28.0. The average Bonchev–Trinajstić information content (AvgIpc) is 3.25. The van der Waals surface area contributed by atoms with Crippen LogP contribution < -0.4 is 0 Å². The van der Waals surface area contributed by atoms with Crippen molar-refractivity contribution >= 4 is 0 Å². The Morgan fingerprint density at radius 3 is 0.544 bits per heavy atom. The molecule has 0 radical (unpaired) electrons. The Bertz CT molecular complexity index is 1850. The lowest BCUT2D eigenvalue weighted by Gasteiger charge is -2.29. The minimum absolute atomic E-state index is 0.0799. The van der Waals surface area contributed by atoms with Crippen molar-refractivity contribution in [2.45, 2.75) is 58.9 Å². The Hall–Kier alpha value is -6.18. The van der Waals surface area contributed by atoms with Gasteiger partial charge < -0.3 is 15.3 Å². The largest absolute Gasteiger partial charge is 0.507 e. The van der Waals surface area contributed by atoms with Gasteiger partial charge in [-0.1, -0.05) is 182 Å². The van der Waals surface area contributed by atoms with E-state index in [0.717, 1.165) is 33.4 Å². The predicted octanol–water partition coefficient (Wildman–Crippen LogP) is 10.4. The minimum atomic E-state index is -0.0799. The molecule has 0 amide bonds.